The van der Waals surface area contributed by atoms with E-state index in [0.717, 1.165) is 18.4 Å². The molecule has 0 aliphatic carbocycles. The third kappa shape index (κ3) is 3.78. The van der Waals surface area contributed by atoms with Crippen LogP contribution in [0.5, 0.6) is 11.5 Å². The zero-order valence-electron chi connectivity index (χ0n) is 13.4. The van der Waals surface area contributed by atoms with Crippen LogP contribution in [0, 0.1) is 0 Å². The summed E-state index contributed by atoms with van der Waals surface area (Å²) in [4.78, 5) is 12.2. The summed E-state index contributed by atoms with van der Waals surface area (Å²) >= 11 is 0. The Morgan fingerprint density at radius 2 is 2.18 bits per heavy atom. The van der Waals surface area contributed by atoms with Crippen LogP contribution < -0.4 is 9.47 Å². The lowest BCUT2D eigenvalue weighted by Crippen LogP contribution is -2.27. The van der Waals surface area contributed by atoms with Gasteiger partial charge in [-0.25, -0.2) is 0 Å². The summed E-state index contributed by atoms with van der Waals surface area (Å²) in [5, 5.41) is 9.88. The molecule has 0 saturated carbocycles. The molecule has 0 saturated heterocycles. The van der Waals surface area contributed by atoms with E-state index < -0.39 is 12.2 Å². The second kappa shape index (κ2) is 7.61. The van der Waals surface area contributed by atoms with Crippen molar-refractivity contribution in [3.63, 3.8) is 0 Å². The molecule has 1 aliphatic heterocycles. The summed E-state index contributed by atoms with van der Waals surface area (Å²) in [7, 11) is 1.55. The van der Waals surface area contributed by atoms with Crippen LogP contribution in [0.1, 0.15) is 49.0 Å². The summed E-state index contributed by atoms with van der Waals surface area (Å²) in [6.45, 7) is 4.40. The summed E-state index contributed by atoms with van der Waals surface area (Å²) in [5.74, 6) is 0.979. The van der Waals surface area contributed by atoms with Crippen molar-refractivity contribution in [1.29, 1.82) is 0 Å². The highest BCUT2D eigenvalue weighted by Gasteiger charge is 2.26. The molecule has 0 radical (unpaired) electrons. The van der Waals surface area contributed by atoms with Gasteiger partial charge in [-0.3, -0.25) is 4.79 Å². The van der Waals surface area contributed by atoms with Crippen LogP contribution >= 0.6 is 0 Å². The maximum Gasteiger partial charge on any atom is 0.191 e. The number of Topliss-reactive ketones (excluding diaryl/α,β-unsaturated/α-hetero) is 1. The van der Waals surface area contributed by atoms with Gasteiger partial charge in [0.25, 0.3) is 0 Å². The van der Waals surface area contributed by atoms with Crippen molar-refractivity contribution in [1.82, 2.24) is 0 Å². The highest BCUT2D eigenvalue weighted by Crippen LogP contribution is 2.34. The number of methoxy groups -OCH3 is 1. The molecule has 0 aromatic heterocycles. The molecule has 2 rings (SSSR count). The van der Waals surface area contributed by atoms with E-state index in [1.807, 2.05) is 0 Å². The first kappa shape index (κ1) is 16.8. The summed E-state index contributed by atoms with van der Waals surface area (Å²) in [5.41, 5.74) is 1.41. The van der Waals surface area contributed by atoms with Gasteiger partial charge in [0, 0.05) is 5.56 Å². The van der Waals surface area contributed by atoms with Crippen LogP contribution in [0.2, 0.25) is 0 Å². The molecule has 2 atom stereocenters. The van der Waals surface area contributed by atoms with E-state index in [9.17, 15) is 9.90 Å². The minimum absolute atomic E-state index is 0.0553. The molecular weight excluding hydrogens is 284 g/mol. The molecule has 2 unspecified atom stereocenters. The fourth-order valence-corrected chi connectivity index (χ4v) is 2.44. The Morgan fingerprint density at radius 1 is 1.41 bits per heavy atom. The van der Waals surface area contributed by atoms with Gasteiger partial charge < -0.3 is 19.3 Å². The van der Waals surface area contributed by atoms with E-state index in [4.69, 9.17) is 14.2 Å². The molecule has 0 amide bonds. The molecule has 0 fully saturated rings. The van der Waals surface area contributed by atoms with Crippen LogP contribution in [0.15, 0.2) is 12.1 Å². The number of aliphatic hydroxyl groups excluding tert-OH is 1. The predicted octanol–water partition coefficient (Wildman–Crippen LogP) is 2.73. The minimum Gasteiger partial charge on any atom is -0.493 e. The van der Waals surface area contributed by atoms with Gasteiger partial charge in [-0.15, -0.1) is 0 Å². The first-order valence-corrected chi connectivity index (χ1v) is 7.74. The van der Waals surface area contributed by atoms with Gasteiger partial charge >= 0.3 is 0 Å². The summed E-state index contributed by atoms with van der Waals surface area (Å²) < 4.78 is 16.4. The maximum atomic E-state index is 12.2. The lowest BCUT2D eigenvalue weighted by molar-refractivity contribution is 0.0334. The predicted molar refractivity (Wildman–Crippen MR) is 82.6 cm³/mol. The van der Waals surface area contributed by atoms with Crippen LogP contribution in [0.3, 0.4) is 0 Å². The molecule has 1 aromatic carbocycles. The number of carbonyl (C=O) groups is 1. The number of ether oxygens (including phenoxy) is 3. The molecule has 1 heterocycles. The Kier molecular flexibility index (Phi) is 5.80. The average molecular weight is 308 g/mol. The molecule has 1 aliphatic rings. The summed E-state index contributed by atoms with van der Waals surface area (Å²) in [6.07, 6.45) is 1.74. The molecule has 1 aromatic rings. The molecular formula is C17H24O5. The normalized spacial score (nSPS) is 18.7. The number of benzene rings is 1. The van der Waals surface area contributed by atoms with Crippen LogP contribution in [-0.2, 0) is 11.3 Å². The van der Waals surface area contributed by atoms with Gasteiger partial charge in [-0.05, 0) is 31.0 Å². The smallest absolute Gasteiger partial charge is 0.191 e. The zero-order chi connectivity index (χ0) is 16.1. The van der Waals surface area contributed by atoms with Gasteiger partial charge in [0.05, 0.1) is 19.8 Å². The number of unbranched alkanes of at least 4 members (excludes halogenated alkanes) is 1. The van der Waals surface area contributed by atoms with Gasteiger partial charge in [-0.2, -0.15) is 0 Å². The van der Waals surface area contributed by atoms with Crippen molar-refractivity contribution < 1.29 is 24.1 Å². The number of fused-ring (bicyclic) bond motifs is 1. The fourth-order valence-electron chi connectivity index (χ4n) is 2.44. The number of hydrogen-bond acceptors (Lipinski definition) is 5. The van der Waals surface area contributed by atoms with Crippen LogP contribution in [0.25, 0.3) is 0 Å². The van der Waals surface area contributed by atoms with Crippen molar-refractivity contribution in [3.05, 3.63) is 23.3 Å². The third-order valence-electron chi connectivity index (χ3n) is 3.84. The van der Waals surface area contributed by atoms with Crippen LogP contribution in [-0.4, -0.2) is 36.8 Å². The highest BCUT2D eigenvalue weighted by atomic mass is 16.5. The molecule has 1 N–H and O–H groups in total. The molecule has 122 valence electrons. The van der Waals surface area contributed by atoms with E-state index in [2.05, 4.69) is 6.92 Å². The Bertz CT molecular complexity index is 526. The first-order valence-electron chi connectivity index (χ1n) is 7.74. The third-order valence-corrected chi connectivity index (χ3v) is 3.84. The van der Waals surface area contributed by atoms with E-state index in [0.29, 0.717) is 30.1 Å². The quantitative estimate of drug-likeness (QED) is 0.839. The SMILES string of the molecule is CCCCC(O)COc1cc2c(cc1OC)COC(C)C2=O. The number of carbonyl (C=O) groups excluding carboxylic acids is 1. The van der Waals surface area contributed by atoms with Gasteiger partial charge in [0.1, 0.15) is 12.7 Å². The monoisotopic (exact) mass is 308 g/mol. The van der Waals surface area contributed by atoms with Crippen molar-refractivity contribution in [2.24, 2.45) is 0 Å². The standard InChI is InChI=1S/C17H24O5/c1-4-5-6-13(18)10-22-16-8-14-12(7-15(16)20-3)9-21-11(2)17(14)19/h7-8,11,13,18H,4-6,9-10H2,1-3H3. The first-order chi connectivity index (χ1) is 10.6. The van der Waals surface area contributed by atoms with Gasteiger partial charge in [-0.1, -0.05) is 19.8 Å². The van der Waals surface area contributed by atoms with E-state index in [1.54, 1.807) is 26.2 Å². The Morgan fingerprint density at radius 3 is 2.86 bits per heavy atom. The fraction of sp³-hybridized carbons (Fsp3) is 0.588. The lowest BCUT2D eigenvalue weighted by atomic mass is 9.97. The summed E-state index contributed by atoms with van der Waals surface area (Å²) in [6, 6.07) is 3.47. The zero-order valence-corrected chi connectivity index (χ0v) is 13.4. The second-order valence-electron chi connectivity index (χ2n) is 5.58. The maximum absolute atomic E-state index is 12.2. The highest BCUT2D eigenvalue weighted by molar-refractivity contribution is 6.01. The second-order valence-corrected chi connectivity index (χ2v) is 5.58. The lowest BCUT2D eigenvalue weighted by Gasteiger charge is -2.23. The van der Waals surface area contributed by atoms with Crippen molar-refractivity contribution >= 4 is 5.78 Å². The van der Waals surface area contributed by atoms with E-state index >= 15 is 0 Å². The van der Waals surface area contributed by atoms with Gasteiger partial charge in [0.2, 0.25) is 0 Å². The van der Waals surface area contributed by atoms with Gasteiger partial charge in [0.15, 0.2) is 17.3 Å². The van der Waals surface area contributed by atoms with Crippen LogP contribution in [0.4, 0.5) is 0 Å². The van der Waals surface area contributed by atoms with E-state index in [-0.39, 0.29) is 12.4 Å². The number of hydrogen-bond donors (Lipinski definition) is 1. The van der Waals surface area contributed by atoms with Crippen molar-refractivity contribution in [2.75, 3.05) is 13.7 Å². The number of aliphatic hydroxyl groups is 1. The van der Waals surface area contributed by atoms with Crippen molar-refractivity contribution in [2.45, 2.75) is 51.9 Å². The Hall–Kier alpha value is -1.59. The molecule has 0 spiro atoms. The molecule has 5 nitrogen and oxygen atoms in total. The molecule has 0 bridgehead atoms. The molecule has 22 heavy (non-hydrogen) atoms. The van der Waals surface area contributed by atoms with Crippen molar-refractivity contribution in [3.8, 4) is 11.5 Å². The van der Waals surface area contributed by atoms with E-state index in [1.165, 1.54) is 0 Å². The topological polar surface area (TPSA) is 65.0 Å². The Balaban J connectivity index is 2.15. The Labute approximate surface area is 131 Å². The number of rotatable bonds is 7. The minimum atomic E-state index is -0.515. The molecule has 5 heteroatoms. The largest absolute Gasteiger partial charge is 0.493 e. The number of ketones is 1. The average Bonchev–Trinajstić information content (AvgIpc) is 2.53.